The summed E-state index contributed by atoms with van der Waals surface area (Å²) in [6.07, 6.45) is 6.95. The highest BCUT2D eigenvalue weighted by molar-refractivity contribution is 7.18. The number of hydrogen-bond donors (Lipinski definition) is 0. The van der Waals surface area contributed by atoms with Crippen LogP contribution in [-0.2, 0) is 13.0 Å². The van der Waals surface area contributed by atoms with Crippen molar-refractivity contribution in [3.05, 3.63) is 51.8 Å². The Morgan fingerprint density at radius 2 is 2.37 bits per heavy atom. The van der Waals surface area contributed by atoms with Crippen LogP contribution in [0, 0.1) is 0 Å². The van der Waals surface area contributed by atoms with E-state index in [4.69, 9.17) is 4.42 Å². The van der Waals surface area contributed by atoms with Crippen molar-refractivity contribution in [3.8, 4) is 0 Å². The minimum atomic E-state index is 0.0183. The van der Waals surface area contributed by atoms with Crippen LogP contribution in [0.3, 0.4) is 0 Å². The molecule has 0 saturated heterocycles. The lowest BCUT2D eigenvalue weighted by molar-refractivity contribution is 0.561. The molecule has 4 nitrogen and oxygen atoms in total. The van der Waals surface area contributed by atoms with Crippen molar-refractivity contribution in [2.24, 2.45) is 0 Å². The fourth-order valence-corrected chi connectivity index (χ4v) is 3.16. The number of nitrogens with zero attached hydrogens (tertiary/aromatic N) is 2. The lowest BCUT2D eigenvalue weighted by Crippen LogP contribution is -2.20. The summed E-state index contributed by atoms with van der Waals surface area (Å²) in [7, 11) is 0. The van der Waals surface area contributed by atoms with Crippen LogP contribution in [0.15, 0.2) is 40.2 Å². The number of fused-ring (bicyclic) bond motifs is 1. The van der Waals surface area contributed by atoms with Crippen molar-refractivity contribution in [3.63, 3.8) is 0 Å². The molecule has 0 unspecified atom stereocenters. The van der Waals surface area contributed by atoms with Gasteiger partial charge in [-0.3, -0.25) is 9.36 Å². The summed E-state index contributed by atoms with van der Waals surface area (Å²) < 4.78 is 6.64. The molecule has 0 radical (unpaired) electrons. The van der Waals surface area contributed by atoms with Crippen molar-refractivity contribution in [2.75, 3.05) is 0 Å². The third-order valence-electron chi connectivity index (χ3n) is 3.00. The Labute approximate surface area is 114 Å². The van der Waals surface area contributed by atoms with Crippen molar-refractivity contribution < 1.29 is 4.42 Å². The number of aryl methyl sites for hydroxylation is 1. The number of rotatable bonds is 4. The molecule has 98 valence electrons. The topological polar surface area (TPSA) is 48.0 Å². The molecule has 3 rings (SSSR count). The molecule has 0 N–H and O–H groups in total. The first kappa shape index (κ1) is 12.2. The molecule has 0 amide bonds. The van der Waals surface area contributed by atoms with E-state index < -0.39 is 0 Å². The van der Waals surface area contributed by atoms with E-state index in [1.807, 2.05) is 12.1 Å². The highest BCUT2D eigenvalue weighted by Gasteiger charge is 2.09. The number of aromatic nitrogens is 2. The Balaban J connectivity index is 2.02. The molecule has 0 saturated carbocycles. The number of hydrogen-bond acceptors (Lipinski definition) is 4. The largest absolute Gasteiger partial charge is 0.472 e. The Hall–Kier alpha value is -1.88. The van der Waals surface area contributed by atoms with E-state index in [1.165, 1.54) is 4.88 Å². The van der Waals surface area contributed by atoms with Gasteiger partial charge in [0.2, 0.25) is 0 Å². The maximum absolute atomic E-state index is 12.4. The summed E-state index contributed by atoms with van der Waals surface area (Å²) >= 11 is 1.61. The molecule has 0 spiro atoms. The lowest BCUT2D eigenvalue weighted by atomic mass is 10.2. The van der Waals surface area contributed by atoms with Crippen LogP contribution in [-0.4, -0.2) is 9.55 Å². The molecule has 0 aromatic carbocycles. The second-order valence-corrected chi connectivity index (χ2v) is 5.61. The van der Waals surface area contributed by atoms with Gasteiger partial charge in [-0.15, -0.1) is 11.3 Å². The fourth-order valence-electron chi connectivity index (χ4n) is 2.07. The first-order chi connectivity index (χ1) is 9.28. The van der Waals surface area contributed by atoms with Crippen LogP contribution in [0.5, 0.6) is 0 Å². The number of furan rings is 1. The summed E-state index contributed by atoms with van der Waals surface area (Å²) in [4.78, 5) is 18.8. The summed E-state index contributed by atoms with van der Waals surface area (Å²) in [6, 6.07) is 3.83. The van der Waals surface area contributed by atoms with E-state index >= 15 is 0 Å². The zero-order valence-electron chi connectivity index (χ0n) is 10.6. The third kappa shape index (κ3) is 2.33. The van der Waals surface area contributed by atoms with Crippen LogP contribution in [0.1, 0.15) is 23.8 Å². The van der Waals surface area contributed by atoms with Gasteiger partial charge in [-0.1, -0.05) is 13.3 Å². The average Bonchev–Trinajstić information content (AvgIpc) is 3.02. The summed E-state index contributed by atoms with van der Waals surface area (Å²) in [6.45, 7) is 2.63. The first-order valence-electron chi connectivity index (χ1n) is 6.27. The normalized spacial score (nSPS) is 11.2. The molecular formula is C14H14N2O2S. The molecular weight excluding hydrogens is 260 g/mol. The van der Waals surface area contributed by atoms with Gasteiger partial charge in [0.1, 0.15) is 4.83 Å². The summed E-state index contributed by atoms with van der Waals surface area (Å²) in [5.41, 5.74) is 0.983. The van der Waals surface area contributed by atoms with Crippen molar-refractivity contribution >= 4 is 21.6 Å². The van der Waals surface area contributed by atoms with Gasteiger partial charge >= 0.3 is 0 Å². The molecule has 3 aromatic heterocycles. The molecule has 0 aliphatic carbocycles. The number of thiophene rings is 1. The SMILES string of the molecule is CCCc1cc2c(=O)n(Cc3ccoc3)cnc2s1. The van der Waals surface area contributed by atoms with Crippen molar-refractivity contribution in [1.82, 2.24) is 9.55 Å². The predicted octanol–water partition coefficient (Wildman–Crippen LogP) is 3.05. The predicted molar refractivity (Wildman–Crippen MR) is 75.7 cm³/mol. The lowest BCUT2D eigenvalue weighted by Gasteiger charge is -2.02. The van der Waals surface area contributed by atoms with Gasteiger partial charge in [0.25, 0.3) is 5.56 Å². The molecule has 19 heavy (non-hydrogen) atoms. The van der Waals surface area contributed by atoms with Crippen LogP contribution in [0.25, 0.3) is 10.2 Å². The van der Waals surface area contributed by atoms with Crippen LogP contribution in [0.2, 0.25) is 0 Å². The fraction of sp³-hybridized carbons (Fsp3) is 0.286. The molecule has 3 heterocycles. The van der Waals surface area contributed by atoms with Gasteiger partial charge in [-0.2, -0.15) is 0 Å². The highest BCUT2D eigenvalue weighted by atomic mass is 32.1. The van der Waals surface area contributed by atoms with E-state index in [0.29, 0.717) is 6.54 Å². The maximum Gasteiger partial charge on any atom is 0.262 e. The average molecular weight is 274 g/mol. The Morgan fingerprint density at radius 3 is 3.11 bits per heavy atom. The molecule has 0 bridgehead atoms. The minimum Gasteiger partial charge on any atom is -0.472 e. The second kappa shape index (κ2) is 5.01. The van der Waals surface area contributed by atoms with E-state index in [9.17, 15) is 4.79 Å². The minimum absolute atomic E-state index is 0.0183. The van der Waals surface area contributed by atoms with E-state index in [1.54, 1.807) is 34.8 Å². The Bertz CT molecular complexity index is 740. The van der Waals surface area contributed by atoms with Crippen molar-refractivity contribution in [1.29, 1.82) is 0 Å². The summed E-state index contributed by atoms with van der Waals surface area (Å²) in [5.74, 6) is 0. The molecule has 3 aromatic rings. The molecule has 0 atom stereocenters. The van der Waals surface area contributed by atoms with Crippen LogP contribution < -0.4 is 5.56 Å². The van der Waals surface area contributed by atoms with Gasteiger partial charge in [-0.25, -0.2) is 4.98 Å². The quantitative estimate of drug-likeness (QED) is 0.734. The Morgan fingerprint density at radius 1 is 1.47 bits per heavy atom. The summed E-state index contributed by atoms with van der Waals surface area (Å²) in [5, 5.41) is 0.722. The van der Waals surface area contributed by atoms with Gasteiger partial charge in [0.15, 0.2) is 0 Å². The first-order valence-corrected chi connectivity index (χ1v) is 7.08. The maximum atomic E-state index is 12.4. The van der Waals surface area contributed by atoms with E-state index in [0.717, 1.165) is 28.6 Å². The molecule has 0 aliphatic rings. The second-order valence-electron chi connectivity index (χ2n) is 4.49. The van der Waals surface area contributed by atoms with E-state index in [2.05, 4.69) is 11.9 Å². The van der Waals surface area contributed by atoms with Gasteiger partial charge < -0.3 is 4.42 Å². The van der Waals surface area contributed by atoms with E-state index in [-0.39, 0.29) is 5.56 Å². The van der Waals surface area contributed by atoms with Gasteiger partial charge in [0.05, 0.1) is 30.8 Å². The van der Waals surface area contributed by atoms with Gasteiger partial charge in [0, 0.05) is 10.4 Å². The Kier molecular flexibility index (Phi) is 3.21. The zero-order valence-corrected chi connectivity index (χ0v) is 11.4. The van der Waals surface area contributed by atoms with Crippen LogP contribution in [0.4, 0.5) is 0 Å². The van der Waals surface area contributed by atoms with Gasteiger partial charge in [-0.05, 0) is 18.6 Å². The van der Waals surface area contributed by atoms with Crippen molar-refractivity contribution in [2.45, 2.75) is 26.3 Å². The van der Waals surface area contributed by atoms with Crippen LogP contribution >= 0.6 is 11.3 Å². The third-order valence-corrected chi connectivity index (χ3v) is 4.10. The molecule has 5 heteroatoms. The molecule has 0 aliphatic heterocycles. The molecule has 0 fully saturated rings. The monoisotopic (exact) mass is 274 g/mol. The highest BCUT2D eigenvalue weighted by Crippen LogP contribution is 2.22. The standard InChI is InChI=1S/C14H14N2O2S/c1-2-3-11-6-12-13(19-11)15-9-16(14(12)17)7-10-4-5-18-8-10/h4-6,8-9H,2-3,7H2,1H3. The zero-order chi connectivity index (χ0) is 13.2. The smallest absolute Gasteiger partial charge is 0.262 e.